The molecule has 13 heteroatoms. The van der Waals surface area contributed by atoms with Crippen LogP contribution in [0.5, 0.6) is 0 Å². The molecule has 0 radical (unpaired) electrons. The number of rotatable bonds is 6. The Bertz CT molecular complexity index is 369. The van der Waals surface area contributed by atoms with Gasteiger partial charge in [0.25, 0.3) is 7.82 Å². The topological polar surface area (TPSA) is 200 Å². The summed E-state index contributed by atoms with van der Waals surface area (Å²) < 4.78 is 20.0. The first-order valence-electron chi connectivity index (χ1n) is 5.94. The maximum absolute atomic E-state index is 11.4. The molecule has 0 saturated heterocycles. The van der Waals surface area contributed by atoms with Crippen LogP contribution in [-0.2, 0) is 13.6 Å². The van der Waals surface area contributed by atoms with E-state index < -0.39 is 63.8 Å². The van der Waals surface area contributed by atoms with E-state index in [4.69, 9.17) is 10.2 Å². The third-order valence-electron chi connectivity index (χ3n) is 2.96. The van der Waals surface area contributed by atoms with E-state index in [2.05, 4.69) is 9.05 Å². The van der Waals surface area contributed by atoms with Crippen molar-refractivity contribution in [3.05, 3.63) is 0 Å². The summed E-state index contributed by atoms with van der Waals surface area (Å²) in [5, 5.41) is 64.7. The standard InChI is InChI=1S/C9H19O11P.Na/c10-1-3(11)2-19-21(17,18)20-9-7(15)5(13)4(12)6(14)8(9)16;/h3-16H,1-2H2,(H,17,18);/q;+1/p-1/t3?,4?,5-,6+,7-,8-,9?;/m0./s1. The fraction of sp³-hybridized carbons (Fsp3) is 1.00. The Labute approximate surface area is 147 Å². The van der Waals surface area contributed by atoms with Gasteiger partial charge in [0.15, 0.2) is 0 Å². The molecule has 1 saturated carbocycles. The van der Waals surface area contributed by atoms with Crippen LogP contribution in [0.25, 0.3) is 0 Å². The molecule has 8 atom stereocenters. The molecule has 0 bridgehead atoms. The van der Waals surface area contributed by atoms with Gasteiger partial charge in [-0.1, -0.05) is 0 Å². The average Bonchev–Trinajstić information content (AvgIpc) is 2.45. The van der Waals surface area contributed by atoms with E-state index in [-0.39, 0.29) is 29.6 Å². The van der Waals surface area contributed by atoms with Crippen LogP contribution in [-0.4, -0.2) is 91.7 Å². The molecule has 1 aliphatic carbocycles. The Balaban J connectivity index is 0.00000441. The van der Waals surface area contributed by atoms with Gasteiger partial charge in [-0.05, 0) is 0 Å². The van der Waals surface area contributed by atoms with Crippen LogP contribution in [0.3, 0.4) is 0 Å². The van der Waals surface area contributed by atoms with Gasteiger partial charge in [0.2, 0.25) is 0 Å². The van der Waals surface area contributed by atoms with Crippen molar-refractivity contribution in [1.82, 2.24) is 0 Å². The van der Waals surface area contributed by atoms with Crippen LogP contribution in [0.4, 0.5) is 0 Å². The van der Waals surface area contributed by atoms with Crippen LogP contribution < -0.4 is 34.5 Å². The molecule has 0 heterocycles. The molecule has 0 amide bonds. The number of hydrogen-bond donors (Lipinski definition) is 7. The third kappa shape index (κ3) is 5.72. The van der Waals surface area contributed by atoms with E-state index in [0.29, 0.717) is 0 Å². The summed E-state index contributed by atoms with van der Waals surface area (Å²) in [5.41, 5.74) is 0. The van der Waals surface area contributed by atoms with Gasteiger partial charge in [-0.2, -0.15) is 0 Å². The van der Waals surface area contributed by atoms with Crippen LogP contribution in [0.2, 0.25) is 0 Å². The first-order chi connectivity index (χ1) is 9.60. The maximum Gasteiger partial charge on any atom is 1.00 e. The minimum absolute atomic E-state index is 0. The van der Waals surface area contributed by atoms with Crippen molar-refractivity contribution < 1.29 is 83.8 Å². The number of phosphoric acid groups is 1. The van der Waals surface area contributed by atoms with Gasteiger partial charge >= 0.3 is 29.6 Å². The Morgan fingerprint density at radius 1 is 1.00 bits per heavy atom. The molecular weight excluding hydrogens is 338 g/mol. The van der Waals surface area contributed by atoms with Gasteiger partial charge in [0, 0.05) is 0 Å². The minimum Gasteiger partial charge on any atom is -0.756 e. The van der Waals surface area contributed by atoms with E-state index in [1.807, 2.05) is 0 Å². The predicted molar refractivity (Wildman–Crippen MR) is 61.6 cm³/mol. The van der Waals surface area contributed by atoms with Crippen LogP contribution in [0.1, 0.15) is 0 Å². The Hall–Kier alpha value is 0.830. The van der Waals surface area contributed by atoms with Crippen molar-refractivity contribution in [1.29, 1.82) is 0 Å². The average molecular weight is 356 g/mol. The number of hydrogen-bond acceptors (Lipinski definition) is 11. The minimum atomic E-state index is -5.12. The van der Waals surface area contributed by atoms with Crippen molar-refractivity contribution in [2.45, 2.75) is 42.7 Å². The largest absolute Gasteiger partial charge is 1.00 e. The van der Waals surface area contributed by atoms with Crippen molar-refractivity contribution >= 4 is 7.82 Å². The van der Waals surface area contributed by atoms with Gasteiger partial charge in [-0.3, -0.25) is 4.57 Å². The first kappa shape index (κ1) is 22.8. The molecule has 22 heavy (non-hydrogen) atoms. The van der Waals surface area contributed by atoms with Gasteiger partial charge < -0.3 is 49.7 Å². The normalized spacial score (nSPS) is 39.6. The van der Waals surface area contributed by atoms with Gasteiger partial charge in [-0.25, -0.2) is 0 Å². The molecule has 0 aromatic rings. The molecule has 0 aromatic carbocycles. The number of aliphatic hydroxyl groups excluding tert-OH is 7. The monoisotopic (exact) mass is 356 g/mol. The molecule has 126 valence electrons. The van der Waals surface area contributed by atoms with E-state index >= 15 is 0 Å². The Morgan fingerprint density at radius 3 is 1.82 bits per heavy atom. The van der Waals surface area contributed by atoms with Crippen molar-refractivity contribution in [3.8, 4) is 0 Å². The fourth-order valence-corrected chi connectivity index (χ4v) is 2.69. The number of aliphatic hydroxyl groups is 7. The van der Waals surface area contributed by atoms with Crippen LogP contribution >= 0.6 is 7.82 Å². The smallest absolute Gasteiger partial charge is 0.756 e. The summed E-state index contributed by atoms with van der Waals surface area (Å²) in [5.74, 6) is 0. The zero-order valence-electron chi connectivity index (χ0n) is 11.7. The Morgan fingerprint density at radius 2 is 1.41 bits per heavy atom. The molecule has 0 aliphatic heterocycles. The SMILES string of the molecule is O=P([O-])(OCC(O)CO)OC1[C@@H](O)[C@H](O)C(O)[C@H](O)[C@@H]1O.[Na+]. The third-order valence-corrected chi connectivity index (χ3v) is 3.93. The Kier molecular flexibility index (Phi) is 9.70. The summed E-state index contributed by atoms with van der Waals surface area (Å²) >= 11 is 0. The summed E-state index contributed by atoms with van der Waals surface area (Å²) in [6.45, 7) is -1.60. The number of phosphoric ester groups is 1. The molecule has 4 unspecified atom stereocenters. The molecule has 0 spiro atoms. The molecular formula is C9H18NaO11P. The quantitative estimate of drug-likeness (QED) is 0.176. The van der Waals surface area contributed by atoms with E-state index in [1.165, 1.54) is 0 Å². The van der Waals surface area contributed by atoms with E-state index in [0.717, 1.165) is 0 Å². The summed E-state index contributed by atoms with van der Waals surface area (Å²) in [6.07, 6.45) is -13.3. The van der Waals surface area contributed by atoms with Crippen molar-refractivity contribution in [2.75, 3.05) is 13.2 Å². The maximum atomic E-state index is 11.4. The molecule has 7 N–H and O–H groups in total. The van der Waals surface area contributed by atoms with Gasteiger partial charge in [-0.15, -0.1) is 0 Å². The molecule has 1 aliphatic rings. The molecule has 1 rings (SSSR count). The molecule has 11 nitrogen and oxygen atoms in total. The zero-order chi connectivity index (χ0) is 16.4. The van der Waals surface area contributed by atoms with Gasteiger partial charge in [0.1, 0.15) is 42.7 Å². The van der Waals surface area contributed by atoms with Crippen molar-refractivity contribution in [3.63, 3.8) is 0 Å². The molecule has 1 fully saturated rings. The van der Waals surface area contributed by atoms with E-state index in [9.17, 15) is 35.0 Å². The second-order valence-electron chi connectivity index (χ2n) is 4.60. The van der Waals surface area contributed by atoms with Crippen molar-refractivity contribution in [2.24, 2.45) is 0 Å². The van der Waals surface area contributed by atoms with Crippen LogP contribution in [0, 0.1) is 0 Å². The second-order valence-corrected chi connectivity index (χ2v) is 5.97. The summed E-state index contributed by atoms with van der Waals surface area (Å²) in [7, 11) is -5.12. The zero-order valence-corrected chi connectivity index (χ0v) is 14.6. The predicted octanol–water partition coefficient (Wildman–Crippen LogP) is -7.97. The van der Waals surface area contributed by atoms with Gasteiger partial charge in [0.05, 0.1) is 13.2 Å². The van der Waals surface area contributed by atoms with Crippen LogP contribution in [0.15, 0.2) is 0 Å². The second kappa shape index (κ2) is 9.35. The van der Waals surface area contributed by atoms with E-state index in [1.54, 1.807) is 0 Å². The fourth-order valence-electron chi connectivity index (χ4n) is 1.73. The first-order valence-corrected chi connectivity index (χ1v) is 7.40. The molecule has 0 aromatic heterocycles. The summed E-state index contributed by atoms with van der Waals surface area (Å²) in [4.78, 5) is 11.4. The summed E-state index contributed by atoms with van der Waals surface area (Å²) in [6, 6.07) is 0.